The van der Waals surface area contributed by atoms with Crippen LogP contribution in [0.15, 0.2) is 72.8 Å². The topological polar surface area (TPSA) is 80.1 Å². The number of rotatable bonds is 9. The molecule has 4 aromatic rings. The van der Waals surface area contributed by atoms with E-state index in [4.69, 9.17) is 0 Å². The molecule has 36 heavy (non-hydrogen) atoms. The fourth-order valence-electron chi connectivity index (χ4n) is 4.13. The van der Waals surface area contributed by atoms with Crippen molar-refractivity contribution < 1.29 is 14.0 Å². The monoisotopic (exact) mass is 487 g/mol. The van der Waals surface area contributed by atoms with Crippen LogP contribution >= 0.6 is 0 Å². The van der Waals surface area contributed by atoms with E-state index in [2.05, 4.69) is 29.5 Å². The normalized spacial score (nSPS) is 12.0. The minimum absolute atomic E-state index is 0.119. The molecule has 0 bridgehead atoms. The van der Waals surface area contributed by atoms with E-state index in [0.717, 1.165) is 17.5 Å². The number of nitrogens with zero attached hydrogens (tertiary/aromatic N) is 4. The number of aromatic nitrogens is 3. The number of nitrogens with one attached hydrogen (secondary N) is 1. The van der Waals surface area contributed by atoms with Crippen LogP contribution < -0.4 is 10.2 Å². The highest BCUT2D eigenvalue weighted by Crippen LogP contribution is 2.31. The van der Waals surface area contributed by atoms with Crippen LogP contribution in [0.5, 0.6) is 0 Å². The lowest BCUT2D eigenvalue weighted by molar-refractivity contribution is -0.127. The zero-order chi connectivity index (χ0) is 25.7. The largest absolute Gasteiger partial charge is 0.354 e. The van der Waals surface area contributed by atoms with Gasteiger partial charge in [-0.05, 0) is 60.7 Å². The molecule has 1 N–H and O–H groups in total. The third-order valence-corrected chi connectivity index (χ3v) is 6.06. The van der Waals surface area contributed by atoms with Gasteiger partial charge in [0, 0.05) is 12.2 Å². The number of aryl methyl sites for hydroxylation is 1. The van der Waals surface area contributed by atoms with Gasteiger partial charge >= 0.3 is 0 Å². The zero-order valence-electron chi connectivity index (χ0n) is 20.7. The van der Waals surface area contributed by atoms with Crippen LogP contribution in [0.2, 0.25) is 0 Å². The summed E-state index contributed by atoms with van der Waals surface area (Å²) in [6.45, 7) is 6.40. The Labute approximate surface area is 209 Å². The lowest BCUT2D eigenvalue weighted by Crippen LogP contribution is -2.46. The fraction of sp³-hybridized carbons (Fsp3) is 0.286. The van der Waals surface area contributed by atoms with Gasteiger partial charge in [0.2, 0.25) is 11.8 Å². The second-order valence-corrected chi connectivity index (χ2v) is 9.21. The summed E-state index contributed by atoms with van der Waals surface area (Å²) in [6.07, 6.45) is 0.797. The van der Waals surface area contributed by atoms with Crippen molar-refractivity contribution in [2.24, 2.45) is 5.92 Å². The van der Waals surface area contributed by atoms with Crippen LogP contribution in [0, 0.1) is 18.7 Å². The van der Waals surface area contributed by atoms with Crippen LogP contribution in [0.25, 0.3) is 11.0 Å². The lowest BCUT2D eigenvalue weighted by atomic mass is 10.0. The van der Waals surface area contributed by atoms with Gasteiger partial charge in [-0.15, -0.1) is 5.10 Å². The first kappa shape index (κ1) is 25.0. The first-order valence-corrected chi connectivity index (χ1v) is 12.0. The molecule has 2 amide bonds. The molecule has 7 nitrogen and oxygen atoms in total. The molecule has 0 radical (unpaired) electrons. The minimum atomic E-state index is -0.999. The number of anilines is 1. The zero-order valence-corrected chi connectivity index (χ0v) is 20.7. The van der Waals surface area contributed by atoms with E-state index in [9.17, 15) is 14.0 Å². The molecular weight excluding hydrogens is 457 g/mol. The summed E-state index contributed by atoms with van der Waals surface area (Å²) in [5.41, 5.74) is 3.33. The first-order chi connectivity index (χ1) is 17.3. The highest BCUT2D eigenvalue weighted by Gasteiger charge is 2.34. The molecule has 8 heteroatoms. The van der Waals surface area contributed by atoms with Crippen molar-refractivity contribution in [1.82, 2.24) is 20.3 Å². The van der Waals surface area contributed by atoms with Crippen molar-refractivity contribution in [3.63, 3.8) is 0 Å². The molecule has 0 saturated carbocycles. The van der Waals surface area contributed by atoms with Crippen molar-refractivity contribution in [3.8, 4) is 0 Å². The maximum Gasteiger partial charge on any atom is 0.249 e. The Morgan fingerprint density at radius 2 is 1.69 bits per heavy atom. The second-order valence-electron chi connectivity index (χ2n) is 9.21. The van der Waals surface area contributed by atoms with E-state index in [0.29, 0.717) is 29.2 Å². The summed E-state index contributed by atoms with van der Waals surface area (Å²) < 4.78 is 15.3. The molecule has 0 aliphatic heterocycles. The molecule has 1 atom stereocenters. The molecule has 1 heterocycles. The van der Waals surface area contributed by atoms with Gasteiger partial charge in [-0.2, -0.15) is 0 Å². The fourth-order valence-corrected chi connectivity index (χ4v) is 4.13. The van der Waals surface area contributed by atoms with Gasteiger partial charge in [0.1, 0.15) is 23.9 Å². The van der Waals surface area contributed by atoms with Crippen molar-refractivity contribution in [3.05, 3.63) is 89.7 Å². The minimum Gasteiger partial charge on any atom is -0.354 e. The van der Waals surface area contributed by atoms with Crippen LogP contribution in [0.1, 0.15) is 37.4 Å². The molecule has 1 aromatic heterocycles. The second kappa shape index (κ2) is 11.1. The van der Waals surface area contributed by atoms with Crippen LogP contribution in [-0.2, 0) is 16.1 Å². The highest BCUT2D eigenvalue weighted by atomic mass is 19.1. The van der Waals surface area contributed by atoms with Crippen molar-refractivity contribution in [1.29, 1.82) is 0 Å². The van der Waals surface area contributed by atoms with Gasteiger partial charge < -0.3 is 5.32 Å². The Morgan fingerprint density at radius 3 is 2.42 bits per heavy atom. The standard InChI is InChI=1S/C28H30FN5O2/c1-19(2)16-17-30-28(36)27(21-12-14-22(29)15-13-21)34(24-10-6-4-8-20(24)3)26(35)18-33-25-11-7-5-9-23(25)31-32-33/h4-15,19,27H,16-18H2,1-3H3,(H,30,36)/t27-/m0/s1. The summed E-state index contributed by atoms with van der Waals surface area (Å²) in [5.74, 6) is -0.680. The van der Waals surface area contributed by atoms with Gasteiger partial charge in [0.25, 0.3) is 0 Å². The van der Waals surface area contributed by atoms with Crippen LogP contribution in [-0.4, -0.2) is 33.4 Å². The van der Waals surface area contributed by atoms with Crippen molar-refractivity contribution in [2.45, 2.75) is 39.8 Å². The smallest absolute Gasteiger partial charge is 0.249 e. The number of benzene rings is 3. The van der Waals surface area contributed by atoms with Crippen LogP contribution in [0.3, 0.4) is 0 Å². The Hall–Kier alpha value is -4.07. The Morgan fingerprint density at radius 1 is 1.00 bits per heavy atom. The van der Waals surface area contributed by atoms with Crippen LogP contribution in [0.4, 0.5) is 10.1 Å². The van der Waals surface area contributed by atoms with Gasteiger partial charge in [-0.1, -0.05) is 61.5 Å². The number of para-hydroxylation sites is 2. The van der Waals surface area contributed by atoms with E-state index >= 15 is 0 Å². The molecule has 0 aliphatic carbocycles. The molecule has 0 unspecified atom stereocenters. The summed E-state index contributed by atoms with van der Waals surface area (Å²) in [5, 5.41) is 11.3. The lowest BCUT2D eigenvalue weighted by Gasteiger charge is -2.32. The summed E-state index contributed by atoms with van der Waals surface area (Å²) >= 11 is 0. The molecule has 3 aromatic carbocycles. The van der Waals surface area contributed by atoms with Gasteiger partial charge in [-0.25, -0.2) is 9.07 Å². The predicted molar refractivity (Wildman–Crippen MR) is 138 cm³/mol. The Bertz CT molecular complexity index is 1350. The number of hydrogen-bond acceptors (Lipinski definition) is 4. The number of fused-ring (bicyclic) bond motifs is 1. The SMILES string of the molecule is Cc1ccccc1N(C(=O)Cn1nnc2ccccc21)[C@H](C(=O)NCCC(C)C)c1ccc(F)cc1. The molecule has 0 spiro atoms. The number of amides is 2. The van der Waals surface area contributed by atoms with E-state index in [1.54, 1.807) is 12.1 Å². The number of halogens is 1. The summed E-state index contributed by atoms with van der Waals surface area (Å²) in [6, 6.07) is 19.5. The van der Waals surface area contributed by atoms with E-state index in [-0.39, 0.29) is 18.4 Å². The van der Waals surface area contributed by atoms with Gasteiger partial charge in [0.15, 0.2) is 0 Å². The van der Waals surface area contributed by atoms with Crippen molar-refractivity contribution >= 4 is 28.5 Å². The molecule has 186 valence electrons. The molecule has 0 fully saturated rings. The number of carbonyl (C=O) groups excluding carboxylic acids is 2. The molecular formula is C28H30FN5O2. The average Bonchev–Trinajstić information content (AvgIpc) is 3.26. The summed E-state index contributed by atoms with van der Waals surface area (Å²) in [7, 11) is 0. The first-order valence-electron chi connectivity index (χ1n) is 12.0. The average molecular weight is 488 g/mol. The number of hydrogen-bond donors (Lipinski definition) is 1. The molecule has 0 saturated heterocycles. The maximum absolute atomic E-state index is 14.0. The Kier molecular flexibility index (Phi) is 7.73. The summed E-state index contributed by atoms with van der Waals surface area (Å²) in [4.78, 5) is 29.1. The quantitative estimate of drug-likeness (QED) is 0.367. The van der Waals surface area contributed by atoms with E-state index < -0.39 is 11.9 Å². The third-order valence-electron chi connectivity index (χ3n) is 6.06. The van der Waals surface area contributed by atoms with Crippen molar-refractivity contribution in [2.75, 3.05) is 11.4 Å². The molecule has 0 aliphatic rings. The Balaban J connectivity index is 1.77. The van der Waals surface area contributed by atoms with Gasteiger partial charge in [-0.3, -0.25) is 14.5 Å². The highest BCUT2D eigenvalue weighted by molar-refractivity contribution is 6.02. The molecule has 4 rings (SSSR count). The van der Waals surface area contributed by atoms with E-state index in [1.165, 1.54) is 21.7 Å². The predicted octanol–water partition coefficient (Wildman–Crippen LogP) is 4.82. The van der Waals surface area contributed by atoms with E-state index in [1.807, 2.05) is 55.5 Å². The maximum atomic E-state index is 14.0. The van der Waals surface area contributed by atoms with Gasteiger partial charge in [0.05, 0.1) is 5.52 Å². The third kappa shape index (κ3) is 5.59. The number of carbonyl (C=O) groups is 2.